The van der Waals surface area contributed by atoms with E-state index in [0.29, 0.717) is 0 Å². The van der Waals surface area contributed by atoms with Gasteiger partial charge in [-0.3, -0.25) is 0 Å². The Balaban J connectivity index is 2.88. The Hall–Kier alpha value is -2.20. The third-order valence-electron chi connectivity index (χ3n) is 1.23. The molecule has 0 fully saturated rings. The molecular weight excluding hydrogens is 170 g/mol. The number of nitriles is 1. The zero-order chi connectivity index (χ0) is 9.68. The molecule has 0 amide bonds. The molecule has 0 spiro atoms. The molecule has 0 radical (unpaired) electrons. The van der Waals surface area contributed by atoms with E-state index in [9.17, 15) is 4.79 Å². The van der Waals surface area contributed by atoms with Crippen molar-refractivity contribution < 1.29 is 13.9 Å². The van der Waals surface area contributed by atoms with E-state index < -0.39 is 5.97 Å². The average molecular weight is 175 g/mol. The van der Waals surface area contributed by atoms with Gasteiger partial charge in [-0.25, -0.2) is 4.79 Å². The predicted octanol–water partition coefficient (Wildman–Crippen LogP) is 0.941. The highest BCUT2D eigenvalue weighted by Gasteiger charge is 2.09. The van der Waals surface area contributed by atoms with Crippen molar-refractivity contribution in [2.75, 3.05) is 7.11 Å². The zero-order valence-electron chi connectivity index (χ0n) is 6.83. The Bertz CT molecular complexity index is 414. The SMILES string of the molecule is COC(=O)c1ccc(C#CC#N)o1. The van der Waals surface area contributed by atoms with Crippen LogP contribution in [0.15, 0.2) is 16.5 Å². The van der Waals surface area contributed by atoms with E-state index in [1.807, 2.05) is 0 Å². The van der Waals surface area contributed by atoms with E-state index in [1.54, 1.807) is 6.07 Å². The van der Waals surface area contributed by atoms with Crippen molar-refractivity contribution >= 4 is 5.97 Å². The lowest BCUT2D eigenvalue weighted by atomic mass is 10.4. The number of carbonyl (C=O) groups excluding carboxylic acids is 1. The third-order valence-corrected chi connectivity index (χ3v) is 1.23. The molecular formula is C9H5NO3. The van der Waals surface area contributed by atoms with Crippen molar-refractivity contribution in [3.05, 3.63) is 23.7 Å². The maximum atomic E-state index is 10.9. The Morgan fingerprint density at radius 3 is 3.00 bits per heavy atom. The molecule has 0 saturated heterocycles. The standard InChI is InChI=1S/C9H5NO3/c1-12-9(11)8-5-4-7(13-8)3-2-6-10/h4-5H,1H3. The third kappa shape index (κ3) is 2.11. The summed E-state index contributed by atoms with van der Waals surface area (Å²) in [6.45, 7) is 0. The van der Waals surface area contributed by atoms with Gasteiger partial charge in [-0.05, 0) is 18.1 Å². The van der Waals surface area contributed by atoms with Gasteiger partial charge in [0.1, 0.15) is 0 Å². The molecule has 0 unspecified atom stereocenters. The summed E-state index contributed by atoms with van der Waals surface area (Å²) >= 11 is 0. The van der Waals surface area contributed by atoms with Crippen LogP contribution in [0.5, 0.6) is 0 Å². The second-order valence-electron chi connectivity index (χ2n) is 2.02. The fourth-order valence-corrected chi connectivity index (χ4v) is 0.705. The Morgan fingerprint density at radius 2 is 2.38 bits per heavy atom. The van der Waals surface area contributed by atoms with Crippen LogP contribution in [0.2, 0.25) is 0 Å². The molecule has 0 aromatic carbocycles. The van der Waals surface area contributed by atoms with E-state index in [2.05, 4.69) is 16.6 Å². The summed E-state index contributed by atoms with van der Waals surface area (Å²) in [5, 5.41) is 8.13. The molecule has 1 rings (SSSR count). The van der Waals surface area contributed by atoms with Crippen molar-refractivity contribution in [2.45, 2.75) is 0 Å². The first-order valence-corrected chi connectivity index (χ1v) is 3.36. The van der Waals surface area contributed by atoms with Crippen LogP contribution in [0.1, 0.15) is 16.3 Å². The fourth-order valence-electron chi connectivity index (χ4n) is 0.705. The van der Waals surface area contributed by atoms with Gasteiger partial charge in [0, 0.05) is 5.92 Å². The number of rotatable bonds is 1. The van der Waals surface area contributed by atoms with Crippen molar-refractivity contribution in [2.24, 2.45) is 0 Å². The molecule has 0 N–H and O–H groups in total. The maximum Gasteiger partial charge on any atom is 0.374 e. The van der Waals surface area contributed by atoms with Crippen molar-refractivity contribution in [3.8, 4) is 17.9 Å². The van der Waals surface area contributed by atoms with E-state index in [1.165, 1.54) is 19.2 Å². The minimum atomic E-state index is -0.565. The quantitative estimate of drug-likeness (QED) is 0.470. The average Bonchev–Trinajstić information content (AvgIpc) is 2.62. The van der Waals surface area contributed by atoms with Crippen LogP contribution >= 0.6 is 0 Å². The number of furan rings is 1. The van der Waals surface area contributed by atoms with Gasteiger partial charge in [0.05, 0.1) is 7.11 Å². The summed E-state index contributed by atoms with van der Waals surface area (Å²) < 4.78 is 9.35. The second-order valence-corrected chi connectivity index (χ2v) is 2.02. The normalized spacial score (nSPS) is 8.00. The van der Waals surface area contributed by atoms with Crippen LogP contribution in [-0.4, -0.2) is 13.1 Å². The van der Waals surface area contributed by atoms with Crippen molar-refractivity contribution in [1.29, 1.82) is 5.26 Å². The van der Waals surface area contributed by atoms with Gasteiger partial charge in [0.15, 0.2) is 11.8 Å². The molecule has 0 aliphatic heterocycles. The molecule has 13 heavy (non-hydrogen) atoms. The van der Waals surface area contributed by atoms with Crippen LogP contribution in [-0.2, 0) is 4.74 Å². The minimum Gasteiger partial charge on any atom is -0.463 e. The predicted molar refractivity (Wildman–Crippen MR) is 42.5 cm³/mol. The van der Waals surface area contributed by atoms with Gasteiger partial charge >= 0.3 is 5.97 Å². The number of hydrogen-bond donors (Lipinski definition) is 0. The summed E-state index contributed by atoms with van der Waals surface area (Å²) in [4.78, 5) is 10.9. The number of esters is 1. The summed E-state index contributed by atoms with van der Waals surface area (Å²) in [6.07, 6.45) is 0. The van der Waals surface area contributed by atoms with E-state index >= 15 is 0 Å². The van der Waals surface area contributed by atoms with Crippen LogP contribution in [0.25, 0.3) is 0 Å². The Kier molecular flexibility index (Phi) is 2.73. The molecule has 0 aliphatic rings. The molecule has 1 heterocycles. The highest BCUT2D eigenvalue weighted by atomic mass is 16.5. The molecule has 4 nitrogen and oxygen atoms in total. The molecule has 0 bridgehead atoms. The molecule has 1 aromatic rings. The molecule has 64 valence electrons. The van der Waals surface area contributed by atoms with Crippen molar-refractivity contribution in [3.63, 3.8) is 0 Å². The van der Waals surface area contributed by atoms with Gasteiger partial charge in [0.2, 0.25) is 5.76 Å². The minimum absolute atomic E-state index is 0.0738. The molecule has 0 atom stereocenters. The molecule has 1 aromatic heterocycles. The Morgan fingerprint density at radius 1 is 1.62 bits per heavy atom. The van der Waals surface area contributed by atoms with Gasteiger partial charge in [-0.1, -0.05) is 0 Å². The van der Waals surface area contributed by atoms with Crippen molar-refractivity contribution in [1.82, 2.24) is 0 Å². The smallest absolute Gasteiger partial charge is 0.374 e. The lowest BCUT2D eigenvalue weighted by molar-refractivity contribution is 0.0564. The molecule has 4 heteroatoms. The van der Waals surface area contributed by atoms with Crippen LogP contribution in [0.3, 0.4) is 0 Å². The van der Waals surface area contributed by atoms with E-state index in [-0.39, 0.29) is 11.5 Å². The molecule has 0 aliphatic carbocycles. The lowest BCUT2D eigenvalue weighted by Gasteiger charge is -1.90. The van der Waals surface area contributed by atoms with Gasteiger partial charge in [0.25, 0.3) is 0 Å². The topological polar surface area (TPSA) is 63.2 Å². The van der Waals surface area contributed by atoms with Crippen LogP contribution in [0.4, 0.5) is 0 Å². The first-order valence-electron chi connectivity index (χ1n) is 3.36. The summed E-state index contributed by atoms with van der Waals surface area (Å²) in [7, 11) is 1.26. The van der Waals surface area contributed by atoms with Gasteiger partial charge < -0.3 is 9.15 Å². The van der Waals surface area contributed by atoms with Gasteiger partial charge in [-0.2, -0.15) is 5.26 Å². The maximum absolute atomic E-state index is 10.9. The van der Waals surface area contributed by atoms with Crippen LogP contribution < -0.4 is 0 Å². The zero-order valence-corrected chi connectivity index (χ0v) is 6.83. The number of carbonyl (C=O) groups is 1. The Labute approximate surface area is 74.7 Å². The van der Waals surface area contributed by atoms with E-state index in [0.717, 1.165) is 0 Å². The second kappa shape index (κ2) is 3.99. The van der Waals surface area contributed by atoms with Gasteiger partial charge in [-0.15, -0.1) is 0 Å². The first kappa shape index (κ1) is 8.89. The highest BCUT2D eigenvalue weighted by molar-refractivity contribution is 5.86. The largest absolute Gasteiger partial charge is 0.463 e. The highest BCUT2D eigenvalue weighted by Crippen LogP contribution is 2.07. The summed E-state index contributed by atoms with van der Waals surface area (Å²) in [6, 6.07) is 4.57. The monoisotopic (exact) mass is 175 g/mol. The summed E-state index contributed by atoms with van der Waals surface area (Å²) in [5.41, 5.74) is 0. The first-order chi connectivity index (χ1) is 6.27. The van der Waals surface area contributed by atoms with Crippen LogP contribution in [0, 0.1) is 23.2 Å². The number of methoxy groups -OCH3 is 1. The fraction of sp³-hybridized carbons (Fsp3) is 0.111. The van der Waals surface area contributed by atoms with E-state index in [4.69, 9.17) is 9.68 Å². The number of hydrogen-bond acceptors (Lipinski definition) is 4. The number of ether oxygens (including phenoxy) is 1. The molecule has 0 saturated carbocycles. The number of nitrogens with zero attached hydrogens (tertiary/aromatic N) is 1. The lowest BCUT2D eigenvalue weighted by Crippen LogP contribution is -1.98. The summed E-state index contributed by atoms with van der Waals surface area (Å²) in [5.74, 6) is 4.33.